The molecular weight excluding hydrogens is 274 g/mol. The highest BCUT2D eigenvalue weighted by Gasteiger charge is 2.37. The van der Waals surface area contributed by atoms with E-state index in [2.05, 4.69) is 10.2 Å². The van der Waals surface area contributed by atoms with E-state index in [1.165, 1.54) is 13.5 Å². The predicted molar refractivity (Wildman–Crippen MR) is 77.2 cm³/mol. The molecule has 7 nitrogen and oxygen atoms in total. The predicted octanol–water partition coefficient (Wildman–Crippen LogP) is 0.354. The van der Waals surface area contributed by atoms with E-state index >= 15 is 0 Å². The van der Waals surface area contributed by atoms with E-state index in [4.69, 9.17) is 9.84 Å². The molecule has 0 bridgehead atoms. The number of methoxy groups -OCH3 is 1. The Balaban J connectivity index is 1.93. The molecule has 3 atom stereocenters. The van der Waals surface area contributed by atoms with Gasteiger partial charge >= 0.3 is 12.0 Å². The summed E-state index contributed by atoms with van der Waals surface area (Å²) in [7, 11) is 1.52. The number of ether oxygens (including phenoxy) is 1. The first-order chi connectivity index (χ1) is 10.0. The average molecular weight is 299 g/mol. The smallest absolute Gasteiger partial charge is 0.326 e. The minimum absolute atomic E-state index is 0.108. The zero-order chi connectivity index (χ0) is 15.4. The number of amides is 2. The number of aliphatic carboxylic acids is 1. The second kappa shape index (κ2) is 7.09. The Morgan fingerprint density at radius 2 is 2.19 bits per heavy atom. The zero-order valence-electron chi connectivity index (χ0n) is 12.7. The van der Waals surface area contributed by atoms with Gasteiger partial charge < -0.3 is 20.1 Å². The zero-order valence-corrected chi connectivity index (χ0v) is 12.7. The molecule has 0 aliphatic carbocycles. The van der Waals surface area contributed by atoms with Gasteiger partial charge in [-0.2, -0.15) is 0 Å². The number of carboxylic acids is 1. The van der Waals surface area contributed by atoms with Crippen molar-refractivity contribution in [2.24, 2.45) is 0 Å². The lowest BCUT2D eigenvalue weighted by Gasteiger charge is -2.42. The molecule has 2 aliphatic heterocycles. The highest BCUT2D eigenvalue weighted by atomic mass is 16.5. The van der Waals surface area contributed by atoms with E-state index in [1.54, 1.807) is 4.90 Å². The molecule has 0 saturated carbocycles. The fraction of sp³-hybridized carbons (Fsp3) is 0.857. The van der Waals surface area contributed by atoms with Gasteiger partial charge in [0, 0.05) is 45.3 Å². The number of carbonyl (C=O) groups excluding carboxylic acids is 1. The molecule has 0 aromatic heterocycles. The second-order valence-electron chi connectivity index (χ2n) is 5.91. The summed E-state index contributed by atoms with van der Waals surface area (Å²) < 4.78 is 4.89. The quantitative estimate of drug-likeness (QED) is 0.766. The van der Waals surface area contributed by atoms with Crippen LogP contribution in [0.1, 0.15) is 26.2 Å². The van der Waals surface area contributed by atoms with Gasteiger partial charge in [0.25, 0.3) is 0 Å². The van der Waals surface area contributed by atoms with Gasteiger partial charge in [-0.3, -0.25) is 4.90 Å². The molecule has 2 heterocycles. The summed E-state index contributed by atoms with van der Waals surface area (Å²) in [4.78, 5) is 27.8. The molecule has 0 aromatic rings. The summed E-state index contributed by atoms with van der Waals surface area (Å²) in [6, 6.07) is -0.644. The van der Waals surface area contributed by atoms with Gasteiger partial charge in [0.2, 0.25) is 0 Å². The van der Waals surface area contributed by atoms with E-state index in [1.807, 2.05) is 6.92 Å². The van der Waals surface area contributed by atoms with Crippen molar-refractivity contribution in [3.8, 4) is 0 Å². The number of hydrogen-bond acceptors (Lipinski definition) is 4. The second-order valence-corrected chi connectivity index (χ2v) is 5.91. The number of nitrogens with one attached hydrogen (secondary N) is 1. The molecular formula is C14H25N3O4. The van der Waals surface area contributed by atoms with Gasteiger partial charge in [-0.25, -0.2) is 9.59 Å². The van der Waals surface area contributed by atoms with Crippen LogP contribution in [0, 0.1) is 0 Å². The minimum atomic E-state index is -1.02. The van der Waals surface area contributed by atoms with Crippen LogP contribution in [0.15, 0.2) is 0 Å². The molecule has 2 amide bonds. The Kier molecular flexibility index (Phi) is 5.41. The van der Waals surface area contributed by atoms with E-state index < -0.39 is 12.0 Å². The van der Waals surface area contributed by atoms with Crippen molar-refractivity contribution >= 4 is 12.0 Å². The Labute approximate surface area is 125 Å². The molecule has 2 aliphatic rings. The van der Waals surface area contributed by atoms with Crippen LogP contribution in [-0.4, -0.2) is 78.4 Å². The molecule has 2 rings (SSSR count). The third-order valence-corrected chi connectivity index (χ3v) is 4.40. The third-order valence-electron chi connectivity index (χ3n) is 4.40. The van der Waals surface area contributed by atoms with Crippen LogP contribution in [0.25, 0.3) is 0 Å². The van der Waals surface area contributed by atoms with Crippen molar-refractivity contribution in [3.05, 3.63) is 0 Å². The molecule has 2 N–H and O–H groups in total. The highest BCUT2D eigenvalue weighted by molar-refractivity contribution is 5.82. The van der Waals surface area contributed by atoms with Crippen LogP contribution >= 0.6 is 0 Å². The van der Waals surface area contributed by atoms with Crippen LogP contribution in [0.2, 0.25) is 0 Å². The maximum absolute atomic E-state index is 12.4. The standard InChI is InChI=1S/C14H25N3O4/c1-10-8-16-6-3-4-11(16)9-17(10)14(20)15-12(13(18)19)5-7-21-2/h10-12H,3-9H2,1-2H3,(H,15,20)(H,18,19). The third kappa shape index (κ3) is 3.85. The molecule has 2 fully saturated rings. The Bertz CT molecular complexity index is 390. The summed E-state index contributed by atoms with van der Waals surface area (Å²) in [6.07, 6.45) is 2.57. The molecule has 120 valence electrons. The number of carbonyl (C=O) groups is 2. The van der Waals surface area contributed by atoms with Crippen LogP contribution < -0.4 is 5.32 Å². The lowest BCUT2D eigenvalue weighted by molar-refractivity contribution is -0.139. The van der Waals surface area contributed by atoms with Crippen LogP contribution in [0.4, 0.5) is 4.79 Å². The Hall–Kier alpha value is -1.34. The summed E-state index contributed by atoms with van der Waals surface area (Å²) in [6.45, 7) is 4.98. The number of urea groups is 1. The van der Waals surface area contributed by atoms with Crippen molar-refractivity contribution in [3.63, 3.8) is 0 Å². The first kappa shape index (κ1) is 16.0. The lowest BCUT2D eigenvalue weighted by Crippen LogP contribution is -2.60. The van der Waals surface area contributed by atoms with E-state index in [0.29, 0.717) is 19.2 Å². The number of hydrogen-bond donors (Lipinski definition) is 2. The number of piperazine rings is 1. The lowest BCUT2D eigenvalue weighted by atomic mass is 10.1. The van der Waals surface area contributed by atoms with Crippen molar-refractivity contribution in [2.45, 2.75) is 44.3 Å². The Morgan fingerprint density at radius 1 is 1.43 bits per heavy atom. The summed E-state index contributed by atoms with van der Waals surface area (Å²) in [5, 5.41) is 11.8. The van der Waals surface area contributed by atoms with E-state index in [9.17, 15) is 9.59 Å². The number of fused-ring (bicyclic) bond motifs is 1. The molecule has 21 heavy (non-hydrogen) atoms. The summed E-state index contributed by atoms with van der Waals surface area (Å²) in [5.74, 6) is -1.02. The molecule has 0 spiro atoms. The Morgan fingerprint density at radius 3 is 2.86 bits per heavy atom. The van der Waals surface area contributed by atoms with Crippen LogP contribution in [-0.2, 0) is 9.53 Å². The molecule has 2 saturated heterocycles. The van der Waals surface area contributed by atoms with Gasteiger partial charge in [0.1, 0.15) is 6.04 Å². The first-order valence-electron chi connectivity index (χ1n) is 7.56. The fourth-order valence-electron chi connectivity index (χ4n) is 3.20. The number of carboxylic acid groups (broad SMARTS) is 1. The maximum atomic E-state index is 12.4. The van der Waals surface area contributed by atoms with Crippen molar-refractivity contribution in [1.82, 2.24) is 15.1 Å². The van der Waals surface area contributed by atoms with Gasteiger partial charge in [-0.1, -0.05) is 0 Å². The minimum Gasteiger partial charge on any atom is -0.480 e. The number of rotatable bonds is 5. The van der Waals surface area contributed by atoms with Gasteiger partial charge in [-0.05, 0) is 26.3 Å². The SMILES string of the molecule is COCCC(NC(=O)N1CC2CCCN2CC1C)C(=O)O. The van der Waals surface area contributed by atoms with E-state index in [-0.39, 0.29) is 18.5 Å². The van der Waals surface area contributed by atoms with Crippen LogP contribution in [0.5, 0.6) is 0 Å². The van der Waals surface area contributed by atoms with Crippen molar-refractivity contribution in [2.75, 3.05) is 33.4 Å². The van der Waals surface area contributed by atoms with Crippen molar-refractivity contribution < 1.29 is 19.4 Å². The highest BCUT2D eigenvalue weighted by Crippen LogP contribution is 2.24. The largest absolute Gasteiger partial charge is 0.480 e. The molecule has 0 aromatic carbocycles. The fourth-order valence-corrected chi connectivity index (χ4v) is 3.20. The average Bonchev–Trinajstić information content (AvgIpc) is 2.88. The monoisotopic (exact) mass is 299 g/mol. The van der Waals surface area contributed by atoms with Gasteiger partial charge in [0.05, 0.1) is 0 Å². The summed E-state index contributed by atoms with van der Waals surface area (Å²) >= 11 is 0. The molecule has 3 unspecified atom stereocenters. The van der Waals surface area contributed by atoms with Gasteiger partial charge in [-0.15, -0.1) is 0 Å². The normalized spacial score (nSPS) is 27.2. The molecule has 7 heteroatoms. The maximum Gasteiger partial charge on any atom is 0.326 e. The van der Waals surface area contributed by atoms with Crippen LogP contribution in [0.3, 0.4) is 0 Å². The topological polar surface area (TPSA) is 82.1 Å². The first-order valence-corrected chi connectivity index (χ1v) is 7.56. The number of nitrogens with zero attached hydrogens (tertiary/aromatic N) is 2. The molecule has 0 radical (unpaired) electrons. The summed E-state index contributed by atoms with van der Waals surface area (Å²) in [5.41, 5.74) is 0. The van der Waals surface area contributed by atoms with Gasteiger partial charge in [0.15, 0.2) is 0 Å². The van der Waals surface area contributed by atoms with E-state index in [0.717, 1.165) is 19.5 Å². The van der Waals surface area contributed by atoms with Crippen molar-refractivity contribution in [1.29, 1.82) is 0 Å².